The number of para-hydroxylation sites is 2. The molecule has 1 saturated heterocycles. The molecular formula is C18H19NO2. The fourth-order valence-corrected chi connectivity index (χ4v) is 3.25. The van der Waals surface area contributed by atoms with E-state index in [0.29, 0.717) is 5.92 Å². The summed E-state index contributed by atoms with van der Waals surface area (Å²) < 4.78 is 11.5. The van der Waals surface area contributed by atoms with Crippen LogP contribution in [0.1, 0.15) is 17.0 Å². The van der Waals surface area contributed by atoms with Crippen molar-refractivity contribution in [1.29, 1.82) is 0 Å². The minimum Gasteiger partial charge on any atom is -0.457 e. The first kappa shape index (κ1) is 12.9. The van der Waals surface area contributed by atoms with Crippen LogP contribution < -0.4 is 4.74 Å². The van der Waals surface area contributed by atoms with Crippen LogP contribution in [0.3, 0.4) is 0 Å². The zero-order valence-corrected chi connectivity index (χ0v) is 12.0. The zero-order chi connectivity index (χ0) is 14.1. The van der Waals surface area contributed by atoms with Crippen molar-refractivity contribution in [2.24, 2.45) is 0 Å². The van der Waals surface area contributed by atoms with Crippen LogP contribution in [0.25, 0.3) is 0 Å². The predicted molar refractivity (Wildman–Crippen MR) is 82.1 cm³/mol. The molecular weight excluding hydrogens is 262 g/mol. The maximum atomic E-state index is 6.05. The molecule has 0 bridgehead atoms. The van der Waals surface area contributed by atoms with Gasteiger partial charge in [0, 0.05) is 36.7 Å². The van der Waals surface area contributed by atoms with Crippen LogP contribution >= 0.6 is 0 Å². The summed E-state index contributed by atoms with van der Waals surface area (Å²) in [7, 11) is 0. The summed E-state index contributed by atoms with van der Waals surface area (Å²) in [4.78, 5) is 2.49. The second kappa shape index (κ2) is 5.51. The van der Waals surface area contributed by atoms with Crippen molar-refractivity contribution < 1.29 is 9.47 Å². The topological polar surface area (TPSA) is 21.7 Å². The number of ether oxygens (including phenoxy) is 2. The van der Waals surface area contributed by atoms with Gasteiger partial charge in [0.2, 0.25) is 0 Å². The molecule has 21 heavy (non-hydrogen) atoms. The molecule has 0 aliphatic carbocycles. The molecule has 2 aromatic carbocycles. The van der Waals surface area contributed by atoms with Gasteiger partial charge in [-0.05, 0) is 12.1 Å². The molecule has 2 aliphatic heterocycles. The lowest BCUT2D eigenvalue weighted by Gasteiger charge is -2.34. The number of morpholine rings is 1. The molecule has 4 rings (SSSR count). The van der Waals surface area contributed by atoms with E-state index in [-0.39, 0.29) is 0 Å². The fraction of sp³-hybridized carbons (Fsp3) is 0.333. The summed E-state index contributed by atoms with van der Waals surface area (Å²) in [6.45, 7) is 4.74. The molecule has 0 saturated carbocycles. The SMILES string of the molecule is c1ccc2c(c1)Oc1ccccc1C2CN1CCOCC1. The molecule has 108 valence electrons. The molecule has 0 spiro atoms. The van der Waals surface area contributed by atoms with E-state index >= 15 is 0 Å². The van der Waals surface area contributed by atoms with Gasteiger partial charge in [0.05, 0.1) is 13.2 Å². The lowest BCUT2D eigenvalue weighted by atomic mass is 9.87. The van der Waals surface area contributed by atoms with Crippen LogP contribution in [0.4, 0.5) is 0 Å². The third-order valence-corrected chi connectivity index (χ3v) is 4.35. The second-order valence-electron chi connectivity index (χ2n) is 5.64. The average molecular weight is 281 g/mol. The van der Waals surface area contributed by atoms with Crippen molar-refractivity contribution in [1.82, 2.24) is 4.90 Å². The van der Waals surface area contributed by atoms with E-state index in [1.54, 1.807) is 0 Å². The molecule has 2 aromatic rings. The first-order valence-corrected chi connectivity index (χ1v) is 7.57. The van der Waals surface area contributed by atoms with Gasteiger partial charge in [0.15, 0.2) is 0 Å². The monoisotopic (exact) mass is 281 g/mol. The largest absolute Gasteiger partial charge is 0.457 e. The summed E-state index contributed by atoms with van der Waals surface area (Å²) >= 11 is 0. The van der Waals surface area contributed by atoms with E-state index in [1.807, 2.05) is 12.1 Å². The van der Waals surface area contributed by atoms with Crippen LogP contribution in [0.15, 0.2) is 48.5 Å². The number of hydrogen-bond donors (Lipinski definition) is 0. The van der Waals surface area contributed by atoms with Gasteiger partial charge < -0.3 is 9.47 Å². The highest BCUT2D eigenvalue weighted by atomic mass is 16.5. The maximum Gasteiger partial charge on any atom is 0.131 e. The predicted octanol–water partition coefficient (Wildman–Crippen LogP) is 3.26. The maximum absolute atomic E-state index is 6.05. The number of rotatable bonds is 2. The summed E-state index contributed by atoms with van der Waals surface area (Å²) in [6, 6.07) is 16.8. The molecule has 0 amide bonds. The fourth-order valence-electron chi connectivity index (χ4n) is 3.25. The second-order valence-corrected chi connectivity index (χ2v) is 5.64. The van der Waals surface area contributed by atoms with Gasteiger partial charge in [-0.3, -0.25) is 4.90 Å². The summed E-state index contributed by atoms with van der Waals surface area (Å²) in [5.41, 5.74) is 2.59. The lowest BCUT2D eigenvalue weighted by molar-refractivity contribution is 0.0362. The minimum atomic E-state index is 0.379. The van der Waals surface area contributed by atoms with Gasteiger partial charge in [-0.25, -0.2) is 0 Å². The normalized spacial score (nSPS) is 18.7. The van der Waals surface area contributed by atoms with E-state index in [9.17, 15) is 0 Å². The number of benzene rings is 2. The number of nitrogens with zero attached hydrogens (tertiary/aromatic N) is 1. The average Bonchev–Trinajstić information content (AvgIpc) is 2.55. The smallest absolute Gasteiger partial charge is 0.131 e. The van der Waals surface area contributed by atoms with Crippen LogP contribution in [-0.2, 0) is 4.74 Å². The van der Waals surface area contributed by atoms with Crippen molar-refractivity contribution in [2.45, 2.75) is 5.92 Å². The van der Waals surface area contributed by atoms with Crippen molar-refractivity contribution in [2.75, 3.05) is 32.8 Å². The van der Waals surface area contributed by atoms with Gasteiger partial charge in [-0.15, -0.1) is 0 Å². The minimum absolute atomic E-state index is 0.379. The highest BCUT2D eigenvalue weighted by Crippen LogP contribution is 2.44. The van der Waals surface area contributed by atoms with Crippen molar-refractivity contribution in [3.05, 3.63) is 59.7 Å². The van der Waals surface area contributed by atoms with Gasteiger partial charge in [-0.2, -0.15) is 0 Å². The first-order chi connectivity index (χ1) is 10.4. The molecule has 0 atom stereocenters. The molecule has 3 nitrogen and oxygen atoms in total. The van der Waals surface area contributed by atoms with Crippen molar-refractivity contribution in [3.8, 4) is 11.5 Å². The van der Waals surface area contributed by atoms with E-state index in [2.05, 4.69) is 41.3 Å². The standard InChI is InChI=1S/C18H19NO2/c1-3-7-17-14(5-1)16(13-19-9-11-20-12-10-19)15-6-2-4-8-18(15)21-17/h1-8,16H,9-13H2. The molecule has 0 N–H and O–H groups in total. The van der Waals surface area contributed by atoms with Crippen LogP contribution in [-0.4, -0.2) is 37.7 Å². The van der Waals surface area contributed by atoms with Crippen molar-refractivity contribution >= 4 is 0 Å². The summed E-state index contributed by atoms with van der Waals surface area (Å²) in [5, 5.41) is 0. The van der Waals surface area contributed by atoms with Gasteiger partial charge in [-0.1, -0.05) is 36.4 Å². The van der Waals surface area contributed by atoms with E-state index in [1.165, 1.54) is 11.1 Å². The molecule has 0 unspecified atom stereocenters. The molecule has 0 radical (unpaired) electrons. The third kappa shape index (κ3) is 2.43. The Bertz CT molecular complexity index is 589. The van der Waals surface area contributed by atoms with E-state index in [4.69, 9.17) is 9.47 Å². The lowest BCUT2D eigenvalue weighted by Crippen LogP contribution is -2.39. The van der Waals surface area contributed by atoms with E-state index in [0.717, 1.165) is 44.3 Å². The Kier molecular flexibility index (Phi) is 3.37. The van der Waals surface area contributed by atoms with Crippen LogP contribution in [0.2, 0.25) is 0 Å². The molecule has 2 aliphatic rings. The molecule has 3 heteroatoms. The Hall–Kier alpha value is -1.84. The Balaban J connectivity index is 1.70. The Morgan fingerprint density at radius 2 is 1.43 bits per heavy atom. The first-order valence-electron chi connectivity index (χ1n) is 7.57. The number of fused-ring (bicyclic) bond motifs is 2. The van der Waals surface area contributed by atoms with E-state index < -0.39 is 0 Å². The Morgan fingerprint density at radius 1 is 0.857 bits per heavy atom. The Labute approximate surface area is 125 Å². The summed E-state index contributed by atoms with van der Waals surface area (Å²) in [6.07, 6.45) is 0. The molecule has 2 heterocycles. The van der Waals surface area contributed by atoms with Gasteiger partial charge in [0.1, 0.15) is 11.5 Å². The zero-order valence-electron chi connectivity index (χ0n) is 12.0. The highest BCUT2D eigenvalue weighted by Gasteiger charge is 2.28. The Morgan fingerprint density at radius 3 is 2.05 bits per heavy atom. The van der Waals surface area contributed by atoms with Crippen molar-refractivity contribution in [3.63, 3.8) is 0 Å². The van der Waals surface area contributed by atoms with Crippen LogP contribution in [0.5, 0.6) is 11.5 Å². The van der Waals surface area contributed by atoms with Gasteiger partial charge >= 0.3 is 0 Å². The highest BCUT2D eigenvalue weighted by molar-refractivity contribution is 5.53. The quantitative estimate of drug-likeness (QED) is 0.843. The number of hydrogen-bond acceptors (Lipinski definition) is 3. The summed E-state index contributed by atoms with van der Waals surface area (Å²) in [5.74, 6) is 2.37. The van der Waals surface area contributed by atoms with Crippen LogP contribution in [0, 0.1) is 0 Å². The third-order valence-electron chi connectivity index (χ3n) is 4.35. The molecule has 0 aromatic heterocycles. The molecule has 1 fully saturated rings. The van der Waals surface area contributed by atoms with Gasteiger partial charge in [0.25, 0.3) is 0 Å².